The van der Waals surface area contributed by atoms with Crippen LogP contribution in [-0.2, 0) is 14.8 Å². The van der Waals surface area contributed by atoms with Crippen molar-refractivity contribution in [1.82, 2.24) is 9.21 Å². The van der Waals surface area contributed by atoms with E-state index in [1.165, 1.54) is 16.4 Å². The minimum Gasteiger partial charge on any atom is -0.444 e. The predicted molar refractivity (Wildman–Crippen MR) is 92.6 cm³/mol. The first-order chi connectivity index (χ1) is 11.0. The fourth-order valence-electron chi connectivity index (χ4n) is 2.53. The second-order valence-corrected chi connectivity index (χ2v) is 9.17. The molecule has 0 radical (unpaired) electrons. The molecule has 0 bridgehead atoms. The number of carbonyl (C=O) groups is 1. The van der Waals surface area contributed by atoms with E-state index in [0.717, 1.165) is 0 Å². The van der Waals surface area contributed by atoms with Crippen molar-refractivity contribution < 1.29 is 17.9 Å². The molecule has 1 atom stereocenters. The van der Waals surface area contributed by atoms with Crippen molar-refractivity contribution in [2.75, 3.05) is 19.6 Å². The second kappa shape index (κ2) is 6.90. The molecule has 8 heteroatoms. The number of carbonyl (C=O) groups excluding carboxylic acids is 1. The van der Waals surface area contributed by atoms with Gasteiger partial charge in [0.1, 0.15) is 5.60 Å². The van der Waals surface area contributed by atoms with Crippen LogP contribution in [-0.4, -0.2) is 55.0 Å². The molecule has 0 N–H and O–H groups in total. The molecule has 0 unspecified atom stereocenters. The van der Waals surface area contributed by atoms with E-state index in [0.29, 0.717) is 18.1 Å². The van der Waals surface area contributed by atoms with Gasteiger partial charge in [-0.3, -0.25) is 0 Å². The number of ether oxygens (including phenoxy) is 1. The van der Waals surface area contributed by atoms with Crippen molar-refractivity contribution >= 4 is 27.7 Å². The normalized spacial score (nSPS) is 20.0. The Hall–Kier alpha value is -1.31. The number of amides is 1. The highest BCUT2D eigenvalue weighted by Crippen LogP contribution is 2.23. The Morgan fingerprint density at radius 1 is 1.21 bits per heavy atom. The first-order valence-corrected chi connectivity index (χ1v) is 9.58. The number of nitrogens with zero attached hydrogens (tertiary/aromatic N) is 2. The van der Waals surface area contributed by atoms with Gasteiger partial charge >= 0.3 is 6.09 Å². The lowest BCUT2D eigenvalue weighted by molar-refractivity contribution is 0.0143. The van der Waals surface area contributed by atoms with E-state index >= 15 is 0 Å². The van der Waals surface area contributed by atoms with Crippen LogP contribution < -0.4 is 0 Å². The summed E-state index contributed by atoms with van der Waals surface area (Å²) in [6.45, 7) is 8.00. The highest BCUT2D eigenvalue weighted by molar-refractivity contribution is 7.89. The van der Waals surface area contributed by atoms with Gasteiger partial charge in [-0.2, -0.15) is 4.31 Å². The number of piperazine rings is 1. The van der Waals surface area contributed by atoms with Crippen molar-refractivity contribution in [2.24, 2.45) is 0 Å². The van der Waals surface area contributed by atoms with Crippen LogP contribution in [0.1, 0.15) is 27.7 Å². The molecule has 1 aromatic rings. The summed E-state index contributed by atoms with van der Waals surface area (Å²) in [5.74, 6) is 0. The summed E-state index contributed by atoms with van der Waals surface area (Å²) in [6, 6.07) is 5.74. The Morgan fingerprint density at radius 3 is 2.29 bits per heavy atom. The van der Waals surface area contributed by atoms with Gasteiger partial charge in [0.05, 0.1) is 4.90 Å². The molecule has 1 aliphatic heterocycles. The molecule has 24 heavy (non-hydrogen) atoms. The van der Waals surface area contributed by atoms with Crippen molar-refractivity contribution in [3.05, 3.63) is 29.3 Å². The molecule has 0 aromatic heterocycles. The van der Waals surface area contributed by atoms with Crippen LogP contribution in [0.3, 0.4) is 0 Å². The maximum atomic E-state index is 12.8. The Bertz CT molecular complexity index is 698. The fraction of sp³-hybridized carbons (Fsp3) is 0.562. The van der Waals surface area contributed by atoms with Gasteiger partial charge in [0.2, 0.25) is 10.0 Å². The molecule has 1 saturated heterocycles. The lowest BCUT2D eigenvalue weighted by atomic mass is 10.2. The molecule has 134 valence electrons. The lowest BCUT2D eigenvalue weighted by Crippen LogP contribution is -2.55. The maximum absolute atomic E-state index is 12.8. The number of hydrogen-bond donors (Lipinski definition) is 0. The Kier molecular flexibility index (Phi) is 5.47. The Morgan fingerprint density at radius 2 is 1.79 bits per heavy atom. The average molecular weight is 375 g/mol. The Balaban J connectivity index is 2.10. The van der Waals surface area contributed by atoms with Crippen LogP contribution in [0.25, 0.3) is 0 Å². The average Bonchev–Trinajstić information content (AvgIpc) is 2.45. The molecule has 1 fully saturated rings. The highest BCUT2D eigenvalue weighted by Gasteiger charge is 2.36. The first-order valence-electron chi connectivity index (χ1n) is 7.76. The van der Waals surface area contributed by atoms with Crippen molar-refractivity contribution in [3.63, 3.8) is 0 Å². The largest absolute Gasteiger partial charge is 0.444 e. The monoisotopic (exact) mass is 374 g/mol. The fourth-order valence-corrected chi connectivity index (χ4v) is 4.27. The molecule has 1 aliphatic rings. The zero-order chi connectivity index (χ0) is 18.1. The molecule has 1 heterocycles. The van der Waals surface area contributed by atoms with Crippen molar-refractivity contribution in [3.8, 4) is 0 Å². The minimum absolute atomic E-state index is 0.199. The number of halogens is 1. The number of rotatable bonds is 2. The molecule has 6 nitrogen and oxygen atoms in total. The van der Waals surface area contributed by atoms with Crippen LogP contribution in [0.5, 0.6) is 0 Å². The van der Waals surface area contributed by atoms with E-state index in [-0.39, 0.29) is 17.5 Å². The predicted octanol–water partition coefficient (Wildman–Crippen LogP) is 2.97. The SMILES string of the molecule is C[C@@H]1CN(C(=O)OC(C)(C)C)CCN1S(=O)(=O)c1ccc(Cl)cc1. The molecule has 0 spiro atoms. The standard InChI is InChI=1S/C16H23ClN2O4S/c1-12-11-18(15(20)23-16(2,3)4)9-10-19(12)24(21,22)14-7-5-13(17)6-8-14/h5-8,12H,9-11H2,1-4H3/t12-/m1/s1. The zero-order valence-corrected chi connectivity index (χ0v) is 15.9. The third kappa shape index (κ3) is 4.40. The van der Waals surface area contributed by atoms with Gasteiger partial charge in [-0.1, -0.05) is 11.6 Å². The number of hydrogen-bond acceptors (Lipinski definition) is 4. The molecular weight excluding hydrogens is 352 g/mol. The summed E-state index contributed by atoms with van der Waals surface area (Å²) in [6.07, 6.45) is -0.419. The molecule has 0 saturated carbocycles. The summed E-state index contributed by atoms with van der Waals surface area (Å²) in [4.78, 5) is 13.9. The third-order valence-electron chi connectivity index (χ3n) is 3.64. The van der Waals surface area contributed by atoms with E-state index in [4.69, 9.17) is 16.3 Å². The van der Waals surface area contributed by atoms with Gasteiger partial charge in [0, 0.05) is 30.7 Å². The van der Waals surface area contributed by atoms with Crippen LogP contribution in [0.2, 0.25) is 5.02 Å². The van der Waals surface area contributed by atoms with E-state index in [9.17, 15) is 13.2 Å². The van der Waals surface area contributed by atoms with Crippen molar-refractivity contribution in [2.45, 2.75) is 44.2 Å². The zero-order valence-electron chi connectivity index (χ0n) is 14.3. The van der Waals surface area contributed by atoms with Gasteiger partial charge in [-0.15, -0.1) is 0 Å². The molecule has 1 amide bonds. The molecule has 2 rings (SSSR count). The van der Waals surface area contributed by atoms with Crippen molar-refractivity contribution in [1.29, 1.82) is 0 Å². The van der Waals surface area contributed by atoms with Gasteiger partial charge in [-0.25, -0.2) is 13.2 Å². The summed E-state index contributed by atoms with van der Waals surface area (Å²) >= 11 is 5.82. The van der Waals surface area contributed by atoms with E-state index in [1.54, 1.807) is 44.7 Å². The van der Waals surface area contributed by atoms with Gasteiger partial charge in [0.15, 0.2) is 0 Å². The molecule has 0 aliphatic carbocycles. The van der Waals surface area contributed by atoms with E-state index in [1.807, 2.05) is 0 Å². The van der Waals surface area contributed by atoms with E-state index < -0.39 is 21.7 Å². The maximum Gasteiger partial charge on any atom is 0.410 e. The second-order valence-electron chi connectivity index (χ2n) is 6.85. The van der Waals surface area contributed by atoms with E-state index in [2.05, 4.69) is 0 Å². The number of benzene rings is 1. The summed E-state index contributed by atoms with van der Waals surface area (Å²) in [5, 5.41) is 0.483. The van der Waals surface area contributed by atoms with Crippen LogP contribution >= 0.6 is 11.6 Å². The summed E-state index contributed by atoms with van der Waals surface area (Å²) < 4.78 is 32.3. The summed E-state index contributed by atoms with van der Waals surface area (Å²) in [5.41, 5.74) is -0.577. The third-order valence-corrected chi connectivity index (χ3v) is 5.92. The minimum atomic E-state index is -3.62. The van der Waals surface area contributed by atoms with Gasteiger partial charge in [-0.05, 0) is 52.0 Å². The van der Waals surface area contributed by atoms with Gasteiger partial charge < -0.3 is 9.64 Å². The molecule has 1 aromatic carbocycles. The summed E-state index contributed by atoms with van der Waals surface area (Å²) in [7, 11) is -3.62. The number of sulfonamides is 1. The van der Waals surface area contributed by atoms with Crippen LogP contribution in [0.4, 0.5) is 4.79 Å². The quantitative estimate of drug-likeness (QED) is 0.798. The smallest absolute Gasteiger partial charge is 0.410 e. The topological polar surface area (TPSA) is 66.9 Å². The molecular formula is C16H23ClN2O4S. The van der Waals surface area contributed by atoms with Crippen LogP contribution in [0, 0.1) is 0 Å². The Labute approximate surface area is 148 Å². The van der Waals surface area contributed by atoms with Gasteiger partial charge in [0.25, 0.3) is 0 Å². The lowest BCUT2D eigenvalue weighted by Gasteiger charge is -2.39. The first kappa shape index (κ1) is 19.0. The highest BCUT2D eigenvalue weighted by atomic mass is 35.5. The van der Waals surface area contributed by atoms with Crippen LogP contribution in [0.15, 0.2) is 29.2 Å².